The molecule has 3 aromatic carbocycles. The molecular weight excluding hydrogens is 352 g/mol. The zero-order chi connectivity index (χ0) is 19.9. The lowest BCUT2D eigenvalue weighted by Gasteiger charge is -2.16. The first-order valence-corrected chi connectivity index (χ1v) is 9.01. The highest BCUT2D eigenvalue weighted by molar-refractivity contribution is 5.95. The van der Waals surface area contributed by atoms with Crippen molar-refractivity contribution in [2.24, 2.45) is 5.73 Å². The zero-order valence-electron chi connectivity index (χ0n) is 15.6. The third kappa shape index (κ3) is 4.76. The van der Waals surface area contributed by atoms with E-state index >= 15 is 0 Å². The second-order valence-electron chi connectivity index (χ2n) is 6.43. The lowest BCUT2D eigenvalue weighted by molar-refractivity contribution is -0.123. The number of ether oxygens (including phenoxy) is 1. The second-order valence-corrected chi connectivity index (χ2v) is 6.43. The van der Waals surface area contributed by atoms with E-state index in [2.05, 4.69) is 17.4 Å². The van der Waals surface area contributed by atoms with Crippen LogP contribution >= 0.6 is 0 Å². The van der Waals surface area contributed by atoms with Gasteiger partial charge in [-0.1, -0.05) is 66.7 Å². The Morgan fingerprint density at radius 3 is 2.18 bits per heavy atom. The molecule has 0 aliphatic heterocycles. The first-order valence-electron chi connectivity index (χ1n) is 9.01. The van der Waals surface area contributed by atoms with Gasteiger partial charge >= 0.3 is 0 Å². The maximum atomic E-state index is 12.2. The topological polar surface area (TPSA) is 81.4 Å². The number of para-hydroxylation sites is 1. The van der Waals surface area contributed by atoms with Gasteiger partial charge in [-0.05, 0) is 35.7 Å². The molecule has 0 spiro atoms. The molecule has 0 bridgehead atoms. The largest absolute Gasteiger partial charge is 0.483 e. The van der Waals surface area contributed by atoms with Gasteiger partial charge in [-0.25, -0.2) is 0 Å². The molecule has 0 aliphatic carbocycles. The summed E-state index contributed by atoms with van der Waals surface area (Å²) in [7, 11) is 0. The summed E-state index contributed by atoms with van der Waals surface area (Å²) in [4.78, 5) is 23.6. The van der Waals surface area contributed by atoms with Crippen molar-refractivity contribution in [3.63, 3.8) is 0 Å². The molecule has 0 heterocycles. The van der Waals surface area contributed by atoms with E-state index < -0.39 is 5.91 Å². The average Bonchev–Trinajstić information content (AvgIpc) is 2.73. The Morgan fingerprint density at radius 1 is 0.893 bits per heavy atom. The van der Waals surface area contributed by atoms with Crippen molar-refractivity contribution in [1.82, 2.24) is 5.32 Å². The van der Waals surface area contributed by atoms with Crippen LogP contribution in [0.25, 0.3) is 11.1 Å². The minimum Gasteiger partial charge on any atom is -0.483 e. The van der Waals surface area contributed by atoms with Gasteiger partial charge < -0.3 is 15.8 Å². The summed E-state index contributed by atoms with van der Waals surface area (Å²) < 4.78 is 5.46. The number of benzene rings is 3. The zero-order valence-corrected chi connectivity index (χ0v) is 15.6. The minimum absolute atomic E-state index is 0.174. The molecule has 0 aliphatic rings. The summed E-state index contributed by atoms with van der Waals surface area (Å²) in [6.45, 7) is 1.71. The molecular formula is C23H22N2O3. The van der Waals surface area contributed by atoms with Gasteiger partial charge in [-0.3, -0.25) is 9.59 Å². The van der Waals surface area contributed by atoms with Gasteiger partial charge in [0, 0.05) is 0 Å². The standard InChI is InChI=1S/C23H22N2O3/c1-16(17-11-13-19(14-12-17)18-7-3-2-4-8-18)25-22(26)15-28-21-10-6-5-9-20(21)23(24)27/h2-14,16H,15H2,1H3,(H2,24,27)(H,25,26). The van der Waals surface area contributed by atoms with Crippen molar-refractivity contribution < 1.29 is 14.3 Å². The van der Waals surface area contributed by atoms with E-state index in [1.165, 1.54) is 0 Å². The van der Waals surface area contributed by atoms with Crippen molar-refractivity contribution in [1.29, 1.82) is 0 Å². The Morgan fingerprint density at radius 2 is 1.50 bits per heavy atom. The fourth-order valence-corrected chi connectivity index (χ4v) is 2.90. The third-order valence-electron chi connectivity index (χ3n) is 4.41. The van der Waals surface area contributed by atoms with Crippen molar-refractivity contribution in [2.75, 3.05) is 6.61 Å². The van der Waals surface area contributed by atoms with Gasteiger partial charge in [-0.15, -0.1) is 0 Å². The molecule has 3 N–H and O–H groups in total. The highest BCUT2D eigenvalue weighted by atomic mass is 16.5. The van der Waals surface area contributed by atoms with Crippen LogP contribution in [0.4, 0.5) is 0 Å². The highest BCUT2D eigenvalue weighted by Gasteiger charge is 2.13. The van der Waals surface area contributed by atoms with Crippen LogP contribution in [-0.2, 0) is 4.79 Å². The summed E-state index contributed by atoms with van der Waals surface area (Å²) in [5, 5.41) is 2.89. The molecule has 0 radical (unpaired) electrons. The first kappa shape index (κ1) is 19.2. The van der Waals surface area contributed by atoms with Crippen LogP contribution in [-0.4, -0.2) is 18.4 Å². The monoisotopic (exact) mass is 374 g/mol. The van der Waals surface area contributed by atoms with Crippen LogP contribution in [0, 0.1) is 0 Å². The number of nitrogens with one attached hydrogen (secondary N) is 1. The molecule has 3 aromatic rings. The number of hydrogen-bond acceptors (Lipinski definition) is 3. The van der Waals surface area contributed by atoms with Gasteiger partial charge in [0.05, 0.1) is 11.6 Å². The molecule has 0 saturated heterocycles. The predicted octanol–water partition coefficient (Wildman–Crippen LogP) is 3.71. The van der Waals surface area contributed by atoms with Gasteiger partial charge in [-0.2, -0.15) is 0 Å². The van der Waals surface area contributed by atoms with Crippen LogP contribution in [0.2, 0.25) is 0 Å². The van der Waals surface area contributed by atoms with Crippen LogP contribution in [0.5, 0.6) is 5.75 Å². The molecule has 28 heavy (non-hydrogen) atoms. The van der Waals surface area contributed by atoms with Crippen molar-refractivity contribution in [3.05, 3.63) is 90.0 Å². The van der Waals surface area contributed by atoms with Crippen LogP contribution in [0.1, 0.15) is 28.9 Å². The Labute approximate surface area is 164 Å². The molecule has 0 aromatic heterocycles. The molecule has 1 unspecified atom stereocenters. The molecule has 0 saturated carbocycles. The first-order chi connectivity index (χ1) is 13.5. The molecule has 3 rings (SSSR count). The summed E-state index contributed by atoms with van der Waals surface area (Å²) in [6.07, 6.45) is 0. The smallest absolute Gasteiger partial charge is 0.258 e. The number of primary amides is 1. The predicted molar refractivity (Wildman–Crippen MR) is 109 cm³/mol. The number of carbonyl (C=O) groups is 2. The molecule has 2 amide bonds. The van der Waals surface area contributed by atoms with Crippen molar-refractivity contribution in [3.8, 4) is 16.9 Å². The highest BCUT2D eigenvalue weighted by Crippen LogP contribution is 2.22. The van der Waals surface area contributed by atoms with E-state index in [0.717, 1.165) is 16.7 Å². The van der Waals surface area contributed by atoms with E-state index in [9.17, 15) is 9.59 Å². The average molecular weight is 374 g/mol. The van der Waals surface area contributed by atoms with Gasteiger partial charge in [0.25, 0.3) is 11.8 Å². The number of hydrogen-bond donors (Lipinski definition) is 2. The maximum absolute atomic E-state index is 12.2. The van der Waals surface area contributed by atoms with E-state index in [1.54, 1.807) is 24.3 Å². The van der Waals surface area contributed by atoms with E-state index in [4.69, 9.17) is 10.5 Å². The Balaban J connectivity index is 1.58. The Kier molecular flexibility index (Phi) is 6.07. The molecule has 1 atom stereocenters. The fraction of sp³-hybridized carbons (Fsp3) is 0.130. The SMILES string of the molecule is CC(NC(=O)COc1ccccc1C(N)=O)c1ccc(-c2ccccc2)cc1. The summed E-state index contributed by atoms with van der Waals surface area (Å²) >= 11 is 0. The molecule has 5 nitrogen and oxygen atoms in total. The summed E-state index contributed by atoms with van der Waals surface area (Å²) in [6, 6.07) is 24.6. The Hall–Kier alpha value is -3.60. The van der Waals surface area contributed by atoms with Crippen molar-refractivity contribution >= 4 is 11.8 Å². The molecule has 5 heteroatoms. The normalized spacial score (nSPS) is 11.5. The van der Waals surface area contributed by atoms with E-state index in [1.807, 2.05) is 49.4 Å². The fourth-order valence-electron chi connectivity index (χ4n) is 2.90. The number of amides is 2. The molecule has 0 fully saturated rings. The van der Waals surface area contributed by atoms with E-state index in [0.29, 0.717) is 5.75 Å². The summed E-state index contributed by atoms with van der Waals surface area (Å²) in [5.74, 6) is -0.577. The second kappa shape index (κ2) is 8.86. The molecule has 142 valence electrons. The third-order valence-corrected chi connectivity index (χ3v) is 4.41. The van der Waals surface area contributed by atoms with Gasteiger partial charge in [0.1, 0.15) is 5.75 Å². The minimum atomic E-state index is -0.595. The Bertz CT molecular complexity index is 953. The number of nitrogens with two attached hydrogens (primary N) is 1. The van der Waals surface area contributed by atoms with E-state index in [-0.39, 0.29) is 24.1 Å². The maximum Gasteiger partial charge on any atom is 0.258 e. The van der Waals surface area contributed by atoms with Crippen LogP contribution in [0.15, 0.2) is 78.9 Å². The number of carbonyl (C=O) groups excluding carboxylic acids is 2. The van der Waals surface area contributed by atoms with Crippen LogP contribution < -0.4 is 15.8 Å². The lowest BCUT2D eigenvalue weighted by atomic mass is 10.0. The van der Waals surface area contributed by atoms with Crippen molar-refractivity contribution in [2.45, 2.75) is 13.0 Å². The van der Waals surface area contributed by atoms with Gasteiger partial charge in [0.2, 0.25) is 0 Å². The number of rotatable bonds is 7. The van der Waals surface area contributed by atoms with Crippen LogP contribution in [0.3, 0.4) is 0 Å². The van der Waals surface area contributed by atoms with Gasteiger partial charge in [0.15, 0.2) is 6.61 Å². The quantitative estimate of drug-likeness (QED) is 0.661. The summed E-state index contributed by atoms with van der Waals surface area (Å²) in [5.41, 5.74) is 8.82. The lowest BCUT2D eigenvalue weighted by Crippen LogP contribution is -2.31.